The van der Waals surface area contributed by atoms with Crippen LogP contribution < -0.4 is 15.4 Å². The molecular formula is C23H27N3O3. The fraction of sp³-hybridized carbons (Fsp3) is 0.391. The van der Waals surface area contributed by atoms with Crippen molar-refractivity contribution in [3.63, 3.8) is 0 Å². The van der Waals surface area contributed by atoms with Crippen molar-refractivity contribution in [1.29, 1.82) is 0 Å². The lowest BCUT2D eigenvalue weighted by Crippen LogP contribution is -2.49. The van der Waals surface area contributed by atoms with Gasteiger partial charge in [0.25, 0.3) is 5.91 Å². The summed E-state index contributed by atoms with van der Waals surface area (Å²) in [6.07, 6.45) is 0.935. The molecule has 0 aromatic heterocycles. The number of ether oxygens (including phenoxy) is 1. The Labute approximate surface area is 171 Å². The summed E-state index contributed by atoms with van der Waals surface area (Å²) >= 11 is 0. The van der Waals surface area contributed by atoms with Crippen LogP contribution in [0.15, 0.2) is 42.5 Å². The van der Waals surface area contributed by atoms with Gasteiger partial charge in [0.15, 0.2) is 0 Å². The van der Waals surface area contributed by atoms with Crippen LogP contribution in [0.4, 0.5) is 0 Å². The minimum absolute atomic E-state index is 0.0948. The molecule has 0 spiro atoms. The van der Waals surface area contributed by atoms with Crippen molar-refractivity contribution in [2.24, 2.45) is 0 Å². The van der Waals surface area contributed by atoms with Gasteiger partial charge >= 0.3 is 0 Å². The molecule has 1 saturated heterocycles. The van der Waals surface area contributed by atoms with E-state index in [4.69, 9.17) is 4.74 Å². The molecule has 6 nitrogen and oxygen atoms in total. The van der Waals surface area contributed by atoms with E-state index in [0.29, 0.717) is 18.7 Å². The largest absolute Gasteiger partial charge is 0.487 e. The summed E-state index contributed by atoms with van der Waals surface area (Å²) in [4.78, 5) is 25.6. The molecule has 29 heavy (non-hydrogen) atoms. The second kappa shape index (κ2) is 7.87. The first-order valence-electron chi connectivity index (χ1n) is 10.1. The predicted molar refractivity (Wildman–Crippen MR) is 111 cm³/mol. The molecule has 0 aliphatic carbocycles. The highest BCUT2D eigenvalue weighted by Crippen LogP contribution is 2.35. The fourth-order valence-corrected chi connectivity index (χ4v) is 3.88. The SMILES string of the molecule is CC1(C)Cc2cc(CNCc3ccc(C(=O)N4CCNC(=O)C4)cc3)ccc2O1. The molecule has 2 aromatic rings. The van der Waals surface area contributed by atoms with Gasteiger partial charge in [-0.15, -0.1) is 0 Å². The zero-order valence-corrected chi connectivity index (χ0v) is 17.0. The van der Waals surface area contributed by atoms with Crippen LogP contribution in [0.25, 0.3) is 0 Å². The second-order valence-corrected chi connectivity index (χ2v) is 8.36. The molecule has 2 aromatic carbocycles. The van der Waals surface area contributed by atoms with E-state index in [2.05, 4.69) is 42.7 Å². The van der Waals surface area contributed by atoms with E-state index in [-0.39, 0.29) is 24.0 Å². The van der Waals surface area contributed by atoms with E-state index in [9.17, 15) is 9.59 Å². The highest BCUT2D eigenvalue weighted by Gasteiger charge is 2.29. The van der Waals surface area contributed by atoms with Crippen molar-refractivity contribution >= 4 is 11.8 Å². The Morgan fingerprint density at radius 3 is 2.62 bits per heavy atom. The third kappa shape index (κ3) is 4.59. The Bertz CT molecular complexity index is 921. The maximum Gasteiger partial charge on any atom is 0.254 e. The number of rotatable bonds is 5. The smallest absolute Gasteiger partial charge is 0.254 e. The number of nitrogens with one attached hydrogen (secondary N) is 2. The number of hydrogen-bond donors (Lipinski definition) is 2. The molecule has 0 atom stereocenters. The van der Waals surface area contributed by atoms with E-state index < -0.39 is 0 Å². The number of piperazine rings is 1. The van der Waals surface area contributed by atoms with Crippen LogP contribution in [0.1, 0.15) is 40.9 Å². The third-order valence-corrected chi connectivity index (χ3v) is 5.31. The molecule has 1 fully saturated rings. The number of hydrogen-bond acceptors (Lipinski definition) is 4. The van der Waals surface area contributed by atoms with Crippen molar-refractivity contribution in [3.8, 4) is 5.75 Å². The Morgan fingerprint density at radius 2 is 1.86 bits per heavy atom. The fourth-order valence-electron chi connectivity index (χ4n) is 3.88. The maximum atomic E-state index is 12.5. The van der Waals surface area contributed by atoms with Crippen molar-refractivity contribution in [2.75, 3.05) is 19.6 Å². The molecule has 152 valence electrons. The number of fused-ring (bicyclic) bond motifs is 1. The van der Waals surface area contributed by atoms with Crippen LogP contribution >= 0.6 is 0 Å². The topological polar surface area (TPSA) is 70.7 Å². The van der Waals surface area contributed by atoms with Crippen molar-refractivity contribution in [2.45, 2.75) is 39.0 Å². The van der Waals surface area contributed by atoms with Gasteiger partial charge in [-0.25, -0.2) is 0 Å². The zero-order chi connectivity index (χ0) is 20.4. The number of nitrogens with zero attached hydrogens (tertiary/aromatic N) is 1. The van der Waals surface area contributed by atoms with Gasteiger partial charge in [-0.1, -0.05) is 24.3 Å². The predicted octanol–water partition coefficient (Wildman–Crippen LogP) is 2.26. The van der Waals surface area contributed by atoms with Gasteiger partial charge < -0.3 is 20.3 Å². The van der Waals surface area contributed by atoms with Gasteiger partial charge in [0.05, 0.1) is 6.54 Å². The van der Waals surface area contributed by atoms with E-state index in [1.807, 2.05) is 24.3 Å². The van der Waals surface area contributed by atoms with Crippen LogP contribution in [0.2, 0.25) is 0 Å². The van der Waals surface area contributed by atoms with Crippen molar-refractivity contribution in [1.82, 2.24) is 15.5 Å². The molecule has 2 heterocycles. The minimum Gasteiger partial charge on any atom is -0.487 e. The lowest BCUT2D eigenvalue weighted by Gasteiger charge is -2.26. The van der Waals surface area contributed by atoms with Gasteiger partial charge in [0.1, 0.15) is 11.4 Å². The van der Waals surface area contributed by atoms with Crippen LogP contribution in [-0.4, -0.2) is 41.9 Å². The molecule has 2 aliphatic rings. The number of carbonyl (C=O) groups is 2. The Kier molecular flexibility index (Phi) is 5.28. The first kappa shape index (κ1) is 19.5. The summed E-state index contributed by atoms with van der Waals surface area (Å²) < 4.78 is 5.93. The van der Waals surface area contributed by atoms with Gasteiger partial charge in [-0.2, -0.15) is 0 Å². The van der Waals surface area contributed by atoms with Crippen LogP contribution in [0.5, 0.6) is 5.75 Å². The summed E-state index contributed by atoms with van der Waals surface area (Å²) in [6.45, 7) is 6.91. The number of carbonyl (C=O) groups excluding carboxylic acids is 2. The minimum atomic E-state index is -0.119. The standard InChI is InChI=1S/C23H27N3O3/c1-23(2)12-19-11-17(5-8-20(19)29-23)14-24-13-16-3-6-18(7-4-16)22(28)26-10-9-25-21(27)15-26/h3-8,11,24H,9-10,12-15H2,1-2H3,(H,25,27). The molecule has 0 radical (unpaired) electrons. The summed E-state index contributed by atoms with van der Waals surface area (Å²) in [5.41, 5.74) is 4.11. The van der Waals surface area contributed by atoms with Crippen molar-refractivity contribution < 1.29 is 14.3 Å². The van der Waals surface area contributed by atoms with Crippen LogP contribution in [-0.2, 0) is 24.3 Å². The Morgan fingerprint density at radius 1 is 1.14 bits per heavy atom. The van der Waals surface area contributed by atoms with E-state index in [1.54, 1.807) is 4.90 Å². The van der Waals surface area contributed by atoms with Gasteiger partial charge in [0.2, 0.25) is 5.91 Å². The first-order chi connectivity index (χ1) is 13.9. The monoisotopic (exact) mass is 393 g/mol. The van der Waals surface area contributed by atoms with E-state index in [0.717, 1.165) is 30.8 Å². The molecule has 0 saturated carbocycles. The molecule has 2 aliphatic heterocycles. The summed E-state index contributed by atoms with van der Waals surface area (Å²) in [6, 6.07) is 14.0. The molecule has 2 N–H and O–H groups in total. The lowest BCUT2D eigenvalue weighted by atomic mass is 10.0. The zero-order valence-electron chi connectivity index (χ0n) is 17.0. The molecule has 4 rings (SSSR count). The summed E-state index contributed by atoms with van der Waals surface area (Å²) in [5.74, 6) is 0.792. The van der Waals surface area contributed by atoms with E-state index in [1.165, 1.54) is 11.1 Å². The Hall–Kier alpha value is -2.86. The molecule has 0 unspecified atom stereocenters. The lowest BCUT2D eigenvalue weighted by molar-refractivity contribution is -0.123. The maximum absolute atomic E-state index is 12.5. The molecule has 0 bridgehead atoms. The molecule has 2 amide bonds. The van der Waals surface area contributed by atoms with E-state index >= 15 is 0 Å². The molecule has 6 heteroatoms. The molecular weight excluding hydrogens is 366 g/mol. The number of benzene rings is 2. The highest BCUT2D eigenvalue weighted by atomic mass is 16.5. The van der Waals surface area contributed by atoms with Gasteiger partial charge in [-0.05, 0) is 48.7 Å². The average molecular weight is 393 g/mol. The first-order valence-corrected chi connectivity index (χ1v) is 10.1. The summed E-state index contributed by atoms with van der Waals surface area (Å²) in [7, 11) is 0. The highest BCUT2D eigenvalue weighted by molar-refractivity contribution is 5.97. The quantitative estimate of drug-likeness (QED) is 0.818. The third-order valence-electron chi connectivity index (χ3n) is 5.31. The van der Waals surface area contributed by atoms with Gasteiger partial charge in [0, 0.05) is 38.2 Å². The van der Waals surface area contributed by atoms with Gasteiger partial charge in [-0.3, -0.25) is 9.59 Å². The summed E-state index contributed by atoms with van der Waals surface area (Å²) in [5, 5.41) is 6.19. The number of amides is 2. The normalized spacial score (nSPS) is 17.4. The van der Waals surface area contributed by atoms with Crippen LogP contribution in [0, 0.1) is 0 Å². The second-order valence-electron chi connectivity index (χ2n) is 8.36. The Balaban J connectivity index is 1.30. The van der Waals surface area contributed by atoms with Crippen LogP contribution in [0.3, 0.4) is 0 Å². The average Bonchev–Trinajstić information content (AvgIpc) is 3.01. The van der Waals surface area contributed by atoms with Crippen molar-refractivity contribution in [3.05, 3.63) is 64.7 Å².